The first-order chi connectivity index (χ1) is 5.79. The van der Waals surface area contributed by atoms with Crippen molar-refractivity contribution in [2.75, 3.05) is 6.54 Å². The quantitative estimate of drug-likeness (QED) is 0.720. The van der Waals surface area contributed by atoms with Crippen LogP contribution in [0.15, 0.2) is 29.2 Å². The molecule has 0 radical (unpaired) electrons. The second-order valence-corrected chi connectivity index (χ2v) is 2.74. The summed E-state index contributed by atoms with van der Waals surface area (Å²) in [5.74, 6) is 0. The minimum atomic E-state index is 0.0230. The van der Waals surface area contributed by atoms with Crippen molar-refractivity contribution >= 4 is 0 Å². The molecule has 1 unspecified atom stereocenters. The van der Waals surface area contributed by atoms with Gasteiger partial charge in [0.2, 0.25) is 0 Å². The van der Waals surface area contributed by atoms with Crippen LogP contribution in [0.2, 0.25) is 0 Å². The zero-order chi connectivity index (χ0) is 8.97. The maximum Gasteiger partial charge on any atom is 0.250 e. The first-order valence-corrected chi connectivity index (χ1v) is 4.16. The van der Waals surface area contributed by atoms with Gasteiger partial charge in [0.15, 0.2) is 0 Å². The van der Waals surface area contributed by atoms with Gasteiger partial charge in [0, 0.05) is 24.8 Å². The fourth-order valence-electron chi connectivity index (χ4n) is 1.22. The minimum Gasteiger partial charge on any atom is -0.328 e. The largest absolute Gasteiger partial charge is 0.328 e. The minimum absolute atomic E-state index is 0.0230. The Hall–Kier alpha value is -1.09. The van der Waals surface area contributed by atoms with Crippen LogP contribution in [0.25, 0.3) is 0 Å². The van der Waals surface area contributed by atoms with Gasteiger partial charge >= 0.3 is 0 Å². The smallest absolute Gasteiger partial charge is 0.250 e. The molecule has 0 spiro atoms. The summed E-state index contributed by atoms with van der Waals surface area (Å²) in [4.78, 5) is 11.3. The summed E-state index contributed by atoms with van der Waals surface area (Å²) in [6.07, 6.45) is 2.67. The zero-order valence-corrected chi connectivity index (χ0v) is 7.23. The highest BCUT2D eigenvalue weighted by atomic mass is 16.1. The van der Waals surface area contributed by atoms with Crippen molar-refractivity contribution in [2.24, 2.45) is 5.73 Å². The van der Waals surface area contributed by atoms with Crippen molar-refractivity contribution in [1.82, 2.24) is 4.57 Å². The van der Waals surface area contributed by atoms with Crippen LogP contribution < -0.4 is 11.3 Å². The molecule has 1 heterocycles. The SMILES string of the molecule is CCC(CN)n1ccccc1=O. The van der Waals surface area contributed by atoms with Crippen molar-refractivity contribution in [3.8, 4) is 0 Å². The van der Waals surface area contributed by atoms with E-state index in [1.165, 1.54) is 0 Å². The molecule has 0 aromatic carbocycles. The topological polar surface area (TPSA) is 48.0 Å². The molecule has 1 aromatic heterocycles. The predicted octanol–water partition coefficient (Wildman–Crippen LogP) is 0.758. The van der Waals surface area contributed by atoms with E-state index in [-0.39, 0.29) is 11.6 Å². The van der Waals surface area contributed by atoms with E-state index < -0.39 is 0 Å². The Balaban J connectivity index is 3.00. The maximum absolute atomic E-state index is 11.3. The van der Waals surface area contributed by atoms with Crippen LogP contribution in [-0.4, -0.2) is 11.1 Å². The zero-order valence-electron chi connectivity index (χ0n) is 7.23. The third-order valence-electron chi connectivity index (χ3n) is 1.99. The lowest BCUT2D eigenvalue weighted by Gasteiger charge is -2.14. The van der Waals surface area contributed by atoms with Gasteiger partial charge in [-0.2, -0.15) is 0 Å². The molecule has 1 aromatic rings. The molecule has 0 aliphatic rings. The molecule has 0 aliphatic heterocycles. The average molecular weight is 166 g/mol. The third kappa shape index (κ3) is 1.74. The molecule has 0 saturated heterocycles. The van der Waals surface area contributed by atoms with Crippen LogP contribution in [0.5, 0.6) is 0 Å². The summed E-state index contributed by atoms with van der Waals surface area (Å²) in [5, 5.41) is 0. The van der Waals surface area contributed by atoms with E-state index >= 15 is 0 Å². The molecule has 3 heteroatoms. The van der Waals surface area contributed by atoms with E-state index in [0.29, 0.717) is 6.54 Å². The van der Waals surface area contributed by atoms with Crippen LogP contribution in [0, 0.1) is 0 Å². The van der Waals surface area contributed by atoms with Gasteiger partial charge in [0.25, 0.3) is 5.56 Å². The molecule has 0 saturated carbocycles. The average Bonchev–Trinajstić information content (AvgIpc) is 2.10. The van der Waals surface area contributed by atoms with Crippen molar-refractivity contribution in [1.29, 1.82) is 0 Å². The fourth-order valence-corrected chi connectivity index (χ4v) is 1.22. The molecule has 1 rings (SSSR count). The van der Waals surface area contributed by atoms with E-state index in [1.54, 1.807) is 22.9 Å². The van der Waals surface area contributed by atoms with Gasteiger partial charge in [-0.05, 0) is 12.5 Å². The number of hydrogen-bond acceptors (Lipinski definition) is 2. The Morgan fingerprint density at radius 3 is 2.83 bits per heavy atom. The van der Waals surface area contributed by atoms with Crippen molar-refractivity contribution < 1.29 is 0 Å². The number of pyridine rings is 1. The Labute approximate surface area is 71.8 Å². The predicted molar refractivity (Wildman–Crippen MR) is 49.1 cm³/mol. The highest BCUT2D eigenvalue weighted by molar-refractivity contribution is 4.95. The lowest BCUT2D eigenvalue weighted by molar-refractivity contribution is 0.482. The molecule has 0 bridgehead atoms. The third-order valence-corrected chi connectivity index (χ3v) is 1.99. The highest BCUT2D eigenvalue weighted by Gasteiger charge is 2.05. The van der Waals surface area contributed by atoms with Crippen molar-refractivity contribution in [3.63, 3.8) is 0 Å². The molecule has 0 fully saturated rings. The van der Waals surface area contributed by atoms with Gasteiger partial charge in [-0.15, -0.1) is 0 Å². The second-order valence-electron chi connectivity index (χ2n) is 2.74. The van der Waals surface area contributed by atoms with Crippen LogP contribution in [0.3, 0.4) is 0 Å². The second kappa shape index (κ2) is 4.07. The summed E-state index contributed by atoms with van der Waals surface area (Å²) in [7, 11) is 0. The van der Waals surface area contributed by atoms with E-state index in [9.17, 15) is 4.79 Å². The number of nitrogens with two attached hydrogens (primary N) is 1. The van der Waals surface area contributed by atoms with E-state index in [2.05, 4.69) is 0 Å². The normalized spacial score (nSPS) is 12.8. The van der Waals surface area contributed by atoms with Gasteiger partial charge in [-0.1, -0.05) is 13.0 Å². The lowest BCUT2D eigenvalue weighted by atomic mass is 10.2. The Bertz CT molecular complexity index is 289. The van der Waals surface area contributed by atoms with Gasteiger partial charge in [-0.3, -0.25) is 4.79 Å². The standard InChI is InChI=1S/C9H14N2O/c1-2-8(7-10)11-6-4-3-5-9(11)12/h3-6,8H,2,7,10H2,1H3. The van der Waals surface area contributed by atoms with Crippen LogP contribution in [0.1, 0.15) is 19.4 Å². The molecule has 0 aliphatic carbocycles. The monoisotopic (exact) mass is 166 g/mol. The molecular weight excluding hydrogens is 152 g/mol. The molecule has 12 heavy (non-hydrogen) atoms. The van der Waals surface area contributed by atoms with Gasteiger partial charge in [0.1, 0.15) is 0 Å². The number of rotatable bonds is 3. The Morgan fingerprint density at radius 2 is 2.33 bits per heavy atom. The fraction of sp³-hybridized carbons (Fsp3) is 0.444. The summed E-state index contributed by atoms with van der Waals surface area (Å²) >= 11 is 0. The van der Waals surface area contributed by atoms with Crippen molar-refractivity contribution in [3.05, 3.63) is 34.7 Å². The van der Waals surface area contributed by atoms with E-state index in [1.807, 2.05) is 13.0 Å². The number of aromatic nitrogens is 1. The van der Waals surface area contributed by atoms with Gasteiger partial charge in [0.05, 0.1) is 0 Å². The summed E-state index contributed by atoms with van der Waals surface area (Å²) in [6, 6.07) is 5.28. The summed E-state index contributed by atoms with van der Waals surface area (Å²) in [5.41, 5.74) is 5.55. The molecule has 2 N–H and O–H groups in total. The summed E-state index contributed by atoms with van der Waals surface area (Å²) < 4.78 is 1.68. The molecule has 0 amide bonds. The van der Waals surface area contributed by atoms with Crippen LogP contribution >= 0.6 is 0 Å². The lowest BCUT2D eigenvalue weighted by Crippen LogP contribution is -2.27. The van der Waals surface area contributed by atoms with Crippen LogP contribution in [0.4, 0.5) is 0 Å². The summed E-state index contributed by atoms with van der Waals surface area (Å²) in [6.45, 7) is 2.54. The molecular formula is C9H14N2O. The highest BCUT2D eigenvalue weighted by Crippen LogP contribution is 2.04. The van der Waals surface area contributed by atoms with Crippen molar-refractivity contribution in [2.45, 2.75) is 19.4 Å². The first-order valence-electron chi connectivity index (χ1n) is 4.16. The molecule has 3 nitrogen and oxygen atoms in total. The molecule has 1 atom stereocenters. The maximum atomic E-state index is 11.3. The van der Waals surface area contributed by atoms with Gasteiger partial charge < -0.3 is 10.3 Å². The number of hydrogen-bond donors (Lipinski definition) is 1. The van der Waals surface area contributed by atoms with Gasteiger partial charge in [-0.25, -0.2) is 0 Å². The van der Waals surface area contributed by atoms with E-state index in [0.717, 1.165) is 6.42 Å². The Kier molecular flexibility index (Phi) is 3.05. The first kappa shape index (κ1) is 9.00. The number of nitrogens with zero attached hydrogens (tertiary/aromatic N) is 1. The Morgan fingerprint density at radius 1 is 1.58 bits per heavy atom. The van der Waals surface area contributed by atoms with E-state index in [4.69, 9.17) is 5.73 Å². The molecule has 66 valence electrons. The van der Waals surface area contributed by atoms with Crippen LogP contribution in [-0.2, 0) is 0 Å².